The van der Waals surface area contributed by atoms with E-state index in [-0.39, 0.29) is 23.5 Å². The molecule has 124 valence electrons. The first-order valence-electron chi connectivity index (χ1n) is 6.92. The molecule has 0 aliphatic heterocycles. The van der Waals surface area contributed by atoms with Crippen LogP contribution in [0.4, 0.5) is 4.39 Å². The van der Waals surface area contributed by atoms with Gasteiger partial charge in [0, 0.05) is 47.1 Å². The summed E-state index contributed by atoms with van der Waals surface area (Å²) >= 11 is 0. The SMILES string of the molecule is C=C(/C(=C/C=N)NC/C(C=N)=C(\C)N)/C(=C\C(F)=C/C)C(C)=O. The van der Waals surface area contributed by atoms with Crippen LogP contribution >= 0.6 is 0 Å². The van der Waals surface area contributed by atoms with Crippen LogP contribution in [0.25, 0.3) is 0 Å². The van der Waals surface area contributed by atoms with Gasteiger partial charge in [-0.3, -0.25) is 4.79 Å². The van der Waals surface area contributed by atoms with Crippen LogP contribution in [0.15, 0.2) is 58.7 Å². The third-order valence-corrected chi connectivity index (χ3v) is 2.99. The number of ketones is 1. The predicted octanol–water partition coefficient (Wildman–Crippen LogP) is 2.94. The fraction of sp³-hybridized carbons (Fsp3) is 0.235. The first kappa shape index (κ1) is 20.2. The molecule has 0 aliphatic carbocycles. The lowest BCUT2D eigenvalue weighted by Gasteiger charge is -2.15. The molecule has 0 fully saturated rings. The number of nitrogens with one attached hydrogen (secondary N) is 3. The van der Waals surface area contributed by atoms with Crippen molar-refractivity contribution in [1.29, 1.82) is 10.8 Å². The Morgan fingerprint density at radius 1 is 1.35 bits per heavy atom. The van der Waals surface area contributed by atoms with Gasteiger partial charge in [-0.05, 0) is 32.9 Å². The van der Waals surface area contributed by atoms with Gasteiger partial charge in [0.05, 0.1) is 0 Å². The second kappa shape index (κ2) is 10.0. The molecule has 0 aromatic carbocycles. The maximum absolute atomic E-state index is 13.5. The second-order valence-corrected chi connectivity index (χ2v) is 4.72. The van der Waals surface area contributed by atoms with Crippen molar-refractivity contribution in [3.63, 3.8) is 0 Å². The lowest BCUT2D eigenvalue weighted by Crippen LogP contribution is -2.22. The van der Waals surface area contributed by atoms with Crippen LogP contribution in [0.1, 0.15) is 20.8 Å². The number of allylic oxidation sites excluding steroid dienone is 6. The third-order valence-electron chi connectivity index (χ3n) is 2.99. The summed E-state index contributed by atoms with van der Waals surface area (Å²) < 4.78 is 13.5. The Labute approximate surface area is 136 Å². The quantitative estimate of drug-likeness (QED) is 0.298. The lowest BCUT2D eigenvalue weighted by molar-refractivity contribution is -0.113. The van der Waals surface area contributed by atoms with Crippen molar-refractivity contribution < 1.29 is 9.18 Å². The van der Waals surface area contributed by atoms with Crippen LogP contribution in [-0.4, -0.2) is 24.8 Å². The molecule has 0 radical (unpaired) electrons. The van der Waals surface area contributed by atoms with Crippen LogP contribution in [0, 0.1) is 10.8 Å². The molecule has 0 unspecified atom stereocenters. The molecule has 0 atom stereocenters. The first-order chi connectivity index (χ1) is 10.8. The highest BCUT2D eigenvalue weighted by Crippen LogP contribution is 2.19. The highest BCUT2D eigenvalue weighted by molar-refractivity contribution is 5.99. The Morgan fingerprint density at radius 2 is 1.96 bits per heavy atom. The molecular weight excluding hydrogens is 295 g/mol. The molecule has 0 spiro atoms. The normalized spacial score (nSPS) is 14.0. The Hall–Kier alpha value is -2.76. The molecule has 0 rings (SSSR count). The summed E-state index contributed by atoms with van der Waals surface area (Å²) in [6.07, 6.45) is 5.89. The standard InChI is InChI=1S/C17H23FN4O/c1-5-15(18)8-16(13(4)23)11(2)17(6-7-19)22-10-14(9-20)12(3)21/h5-9,19-20,22H,2,10,21H2,1,3-4H3/b14-12+,15-5+,16-8+,17-6-,19-7?,20-9?. The van der Waals surface area contributed by atoms with Crippen LogP contribution in [-0.2, 0) is 4.79 Å². The first-order valence-corrected chi connectivity index (χ1v) is 6.92. The largest absolute Gasteiger partial charge is 0.402 e. The van der Waals surface area contributed by atoms with Crippen molar-refractivity contribution in [1.82, 2.24) is 5.32 Å². The number of nitrogens with two attached hydrogens (primary N) is 1. The molecule has 0 aromatic heterocycles. The van der Waals surface area contributed by atoms with Crippen LogP contribution in [0.3, 0.4) is 0 Å². The highest BCUT2D eigenvalue weighted by atomic mass is 19.1. The van der Waals surface area contributed by atoms with Gasteiger partial charge in [0.1, 0.15) is 5.83 Å². The fourth-order valence-corrected chi connectivity index (χ4v) is 1.61. The van der Waals surface area contributed by atoms with Gasteiger partial charge >= 0.3 is 0 Å². The molecule has 0 aliphatic rings. The van der Waals surface area contributed by atoms with E-state index >= 15 is 0 Å². The van der Waals surface area contributed by atoms with Crippen molar-refractivity contribution in [2.75, 3.05) is 6.54 Å². The number of hydrogen-bond acceptors (Lipinski definition) is 5. The zero-order valence-electron chi connectivity index (χ0n) is 13.7. The minimum absolute atomic E-state index is 0.103. The minimum Gasteiger partial charge on any atom is -0.402 e. The summed E-state index contributed by atoms with van der Waals surface area (Å²) in [5.41, 5.74) is 7.44. The van der Waals surface area contributed by atoms with E-state index in [1.807, 2.05) is 0 Å². The number of halogens is 1. The summed E-state index contributed by atoms with van der Waals surface area (Å²) in [5.74, 6) is -0.897. The number of carbonyl (C=O) groups is 1. The second-order valence-electron chi connectivity index (χ2n) is 4.72. The predicted molar refractivity (Wildman–Crippen MR) is 93.3 cm³/mol. The zero-order valence-corrected chi connectivity index (χ0v) is 13.7. The van der Waals surface area contributed by atoms with E-state index in [0.29, 0.717) is 17.0 Å². The van der Waals surface area contributed by atoms with E-state index in [9.17, 15) is 9.18 Å². The fourth-order valence-electron chi connectivity index (χ4n) is 1.61. The molecule has 0 heterocycles. The van der Waals surface area contributed by atoms with Crippen LogP contribution in [0.2, 0.25) is 0 Å². The van der Waals surface area contributed by atoms with Crippen molar-refractivity contribution in [3.05, 3.63) is 58.7 Å². The Bertz CT molecular complexity index is 621. The van der Waals surface area contributed by atoms with Gasteiger partial charge in [-0.25, -0.2) is 4.39 Å². The average molecular weight is 318 g/mol. The molecule has 0 amide bonds. The van der Waals surface area contributed by atoms with E-state index in [2.05, 4.69) is 11.9 Å². The summed E-state index contributed by atoms with van der Waals surface area (Å²) in [5, 5.41) is 17.5. The van der Waals surface area contributed by atoms with Gasteiger partial charge in [0.15, 0.2) is 5.78 Å². The number of rotatable bonds is 9. The molecule has 5 nitrogen and oxygen atoms in total. The van der Waals surface area contributed by atoms with Crippen molar-refractivity contribution in [3.8, 4) is 0 Å². The molecule has 0 saturated carbocycles. The third kappa shape index (κ3) is 6.69. The maximum atomic E-state index is 13.5. The summed E-state index contributed by atoms with van der Waals surface area (Å²) in [7, 11) is 0. The monoisotopic (exact) mass is 318 g/mol. The number of hydrogen-bond donors (Lipinski definition) is 4. The zero-order chi connectivity index (χ0) is 18.0. The Kier molecular flexibility index (Phi) is 8.84. The maximum Gasteiger partial charge on any atom is 0.160 e. The number of carbonyl (C=O) groups excluding carboxylic acids is 1. The molecule has 5 N–H and O–H groups in total. The lowest BCUT2D eigenvalue weighted by atomic mass is 9.99. The smallest absolute Gasteiger partial charge is 0.160 e. The van der Waals surface area contributed by atoms with E-state index in [0.717, 1.165) is 18.5 Å². The van der Waals surface area contributed by atoms with Gasteiger partial charge in [-0.15, -0.1) is 0 Å². The van der Waals surface area contributed by atoms with Crippen LogP contribution < -0.4 is 11.1 Å². The van der Waals surface area contributed by atoms with Crippen molar-refractivity contribution in [2.24, 2.45) is 5.73 Å². The van der Waals surface area contributed by atoms with Crippen molar-refractivity contribution >= 4 is 18.2 Å². The van der Waals surface area contributed by atoms with E-state index in [1.165, 1.54) is 26.0 Å². The molecule has 0 saturated heterocycles. The summed E-state index contributed by atoms with van der Waals surface area (Å²) in [4.78, 5) is 11.7. The Balaban J connectivity index is 5.58. The van der Waals surface area contributed by atoms with Gasteiger partial charge in [0.2, 0.25) is 0 Å². The van der Waals surface area contributed by atoms with Crippen LogP contribution in [0.5, 0.6) is 0 Å². The van der Waals surface area contributed by atoms with E-state index in [4.69, 9.17) is 16.6 Å². The molecule has 0 bridgehead atoms. The van der Waals surface area contributed by atoms with E-state index < -0.39 is 5.83 Å². The summed E-state index contributed by atoms with van der Waals surface area (Å²) in [6.45, 7) is 8.53. The molecule has 6 heteroatoms. The highest BCUT2D eigenvalue weighted by Gasteiger charge is 2.14. The van der Waals surface area contributed by atoms with Crippen molar-refractivity contribution in [2.45, 2.75) is 20.8 Å². The Morgan fingerprint density at radius 3 is 2.35 bits per heavy atom. The molecular formula is C17H23FN4O. The van der Waals surface area contributed by atoms with Gasteiger partial charge in [0.25, 0.3) is 0 Å². The van der Waals surface area contributed by atoms with Gasteiger partial charge < -0.3 is 21.9 Å². The average Bonchev–Trinajstić information content (AvgIpc) is 2.50. The molecule has 0 aromatic rings. The topological polar surface area (TPSA) is 103 Å². The van der Waals surface area contributed by atoms with Gasteiger partial charge in [-0.2, -0.15) is 0 Å². The van der Waals surface area contributed by atoms with E-state index in [1.54, 1.807) is 6.92 Å². The minimum atomic E-state index is -0.552. The molecule has 23 heavy (non-hydrogen) atoms. The summed E-state index contributed by atoms with van der Waals surface area (Å²) in [6, 6.07) is 0. The van der Waals surface area contributed by atoms with Gasteiger partial charge in [-0.1, -0.05) is 12.7 Å². The number of Topliss-reactive ketones (excluding diaryl/α,β-unsaturated/α-hetero) is 1.